The van der Waals surface area contributed by atoms with E-state index in [0.717, 1.165) is 0 Å². The number of anilines is 1. The number of aromatic carboxylic acids is 1. The van der Waals surface area contributed by atoms with Gasteiger partial charge in [0, 0.05) is 15.8 Å². The van der Waals surface area contributed by atoms with E-state index in [1.165, 1.54) is 15.8 Å². The fourth-order valence-electron chi connectivity index (χ4n) is 1.50. The third-order valence-electron chi connectivity index (χ3n) is 2.36. The quantitative estimate of drug-likeness (QED) is 0.872. The molecule has 0 radical (unpaired) electrons. The molecule has 0 aliphatic rings. The van der Waals surface area contributed by atoms with Crippen LogP contribution in [0.25, 0.3) is 0 Å². The highest BCUT2D eigenvalue weighted by molar-refractivity contribution is 7.12. The second kappa shape index (κ2) is 4.63. The summed E-state index contributed by atoms with van der Waals surface area (Å²) in [6.07, 6.45) is 0. The number of hydrogen-bond acceptors (Lipinski definition) is 4. The fourth-order valence-corrected chi connectivity index (χ4v) is 2.38. The van der Waals surface area contributed by atoms with Crippen molar-refractivity contribution in [1.29, 1.82) is 0 Å². The minimum Gasteiger partial charge on any atom is -0.475 e. The highest BCUT2D eigenvalue weighted by Crippen LogP contribution is 2.26. The highest BCUT2D eigenvalue weighted by Gasteiger charge is 2.12. The minimum absolute atomic E-state index is 0.0536. The Hall–Kier alpha value is -1.75. The van der Waals surface area contributed by atoms with Gasteiger partial charge in [0.25, 0.3) is 0 Å². The van der Waals surface area contributed by atoms with Crippen LogP contribution < -0.4 is 5.32 Å². The zero-order valence-electron chi connectivity index (χ0n) is 9.56. The first-order chi connectivity index (χ1) is 8.06. The Labute approximate surface area is 103 Å². The Bertz CT molecular complexity index is 529. The smallest absolute Gasteiger partial charge is 0.371 e. The van der Waals surface area contributed by atoms with Crippen LogP contribution in [0.15, 0.2) is 28.7 Å². The molecule has 4 nitrogen and oxygen atoms in total. The van der Waals surface area contributed by atoms with E-state index in [4.69, 9.17) is 9.52 Å². The zero-order chi connectivity index (χ0) is 12.4. The van der Waals surface area contributed by atoms with Crippen molar-refractivity contribution in [3.63, 3.8) is 0 Å². The molecule has 0 fully saturated rings. The molecule has 2 aromatic rings. The van der Waals surface area contributed by atoms with Gasteiger partial charge in [-0.15, -0.1) is 11.3 Å². The molecular formula is C12H13NO3S. The molecule has 0 amide bonds. The summed E-state index contributed by atoms with van der Waals surface area (Å²) < 4.78 is 5.14. The second-order valence-electron chi connectivity index (χ2n) is 3.78. The Balaban J connectivity index is 2.07. The average Bonchev–Trinajstić information content (AvgIpc) is 2.86. The second-order valence-corrected chi connectivity index (χ2v) is 5.10. The molecule has 0 aliphatic heterocycles. The van der Waals surface area contributed by atoms with Gasteiger partial charge in [-0.1, -0.05) is 0 Å². The van der Waals surface area contributed by atoms with E-state index in [9.17, 15) is 4.79 Å². The van der Waals surface area contributed by atoms with Gasteiger partial charge in [-0.2, -0.15) is 0 Å². The molecule has 1 atom stereocenters. The van der Waals surface area contributed by atoms with E-state index < -0.39 is 5.97 Å². The lowest BCUT2D eigenvalue weighted by Gasteiger charge is -2.10. The van der Waals surface area contributed by atoms with Gasteiger partial charge < -0.3 is 14.8 Å². The number of rotatable bonds is 4. The van der Waals surface area contributed by atoms with E-state index in [0.29, 0.717) is 5.88 Å². The van der Waals surface area contributed by atoms with Gasteiger partial charge in [-0.3, -0.25) is 0 Å². The molecule has 1 unspecified atom stereocenters. The molecule has 5 heteroatoms. The first-order valence-electron chi connectivity index (χ1n) is 5.22. The molecule has 17 heavy (non-hydrogen) atoms. The molecule has 0 aliphatic carbocycles. The molecule has 2 N–H and O–H groups in total. The largest absolute Gasteiger partial charge is 0.475 e. The van der Waals surface area contributed by atoms with E-state index >= 15 is 0 Å². The lowest BCUT2D eigenvalue weighted by molar-refractivity contribution is 0.0663. The van der Waals surface area contributed by atoms with Crippen LogP contribution in [0.5, 0.6) is 0 Å². The van der Waals surface area contributed by atoms with Crippen molar-refractivity contribution >= 4 is 23.2 Å². The zero-order valence-corrected chi connectivity index (χ0v) is 10.4. The fraction of sp³-hybridized carbons (Fsp3) is 0.250. The summed E-state index contributed by atoms with van der Waals surface area (Å²) in [6.45, 7) is 4.06. The molecule has 0 aromatic carbocycles. The topological polar surface area (TPSA) is 62.5 Å². The van der Waals surface area contributed by atoms with Gasteiger partial charge in [0.2, 0.25) is 5.76 Å². The standard InChI is InChI=1S/C12H13NO3S/c1-7-3-5-10(17-7)8(2)13-11-6-4-9(16-11)12(14)15/h3-6,8,13H,1-2H3,(H,14,15). The van der Waals surface area contributed by atoms with Crippen molar-refractivity contribution in [2.75, 3.05) is 5.32 Å². The maximum absolute atomic E-state index is 10.7. The summed E-state index contributed by atoms with van der Waals surface area (Å²) in [4.78, 5) is 13.1. The van der Waals surface area contributed by atoms with Crippen molar-refractivity contribution in [2.24, 2.45) is 0 Å². The number of carboxylic acids is 1. The molecule has 0 bridgehead atoms. The van der Waals surface area contributed by atoms with Gasteiger partial charge in [0.1, 0.15) is 0 Å². The lowest BCUT2D eigenvalue weighted by Crippen LogP contribution is -2.03. The molecule has 0 saturated heterocycles. The number of hydrogen-bond donors (Lipinski definition) is 2. The summed E-state index contributed by atoms with van der Waals surface area (Å²) >= 11 is 1.71. The maximum Gasteiger partial charge on any atom is 0.371 e. The molecule has 90 valence electrons. The van der Waals surface area contributed by atoms with Gasteiger partial charge in [-0.25, -0.2) is 4.79 Å². The predicted octanol–water partition coefficient (Wildman–Crippen LogP) is 3.52. The van der Waals surface area contributed by atoms with E-state index in [-0.39, 0.29) is 11.8 Å². The van der Waals surface area contributed by atoms with Crippen LogP contribution in [-0.2, 0) is 0 Å². The maximum atomic E-state index is 10.7. The van der Waals surface area contributed by atoms with Crippen LogP contribution in [0.4, 0.5) is 5.88 Å². The third kappa shape index (κ3) is 2.68. The van der Waals surface area contributed by atoms with Gasteiger partial charge in [-0.05, 0) is 32.0 Å². The highest BCUT2D eigenvalue weighted by atomic mass is 32.1. The van der Waals surface area contributed by atoms with Crippen molar-refractivity contribution in [2.45, 2.75) is 19.9 Å². The van der Waals surface area contributed by atoms with Crippen LogP contribution in [-0.4, -0.2) is 11.1 Å². The van der Waals surface area contributed by atoms with Crippen molar-refractivity contribution in [3.8, 4) is 0 Å². The molecule has 2 aromatic heterocycles. The predicted molar refractivity (Wildman–Crippen MR) is 66.8 cm³/mol. The summed E-state index contributed by atoms with van der Waals surface area (Å²) in [5, 5.41) is 11.9. The normalized spacial score (nSPS) is 12.4. The summed E-state index contributed by atoms with van der Waals surface area (Å²) in [5.41, 5.74) is 0. The number of aryl methyl sites for hydroxylation is 1. The van der Waals surface area contributed by atoms with E-state index in [1.807, 2.05) is 6.92 Å². The van der Waals surface area contributed by atoms with Gasteiger partial charge >= 0.3 is 5.97 Å². The van der Waals surface area contributed by atoms with Crippen molar-refractivity contribution in [1.82, 2.24) is 0 Å². The van der Waals surface area contributed by atoms with Gasteiger partial charge in [0.05, 0.1) is 6.04 Å². The number of carboxylic acid groups (broad SMARTS) is 1. The first kappa shape index (κ1) is 11.7. The number of furan rings is 1. The van der Waals surface area contributed by atoms with E-state index in [2.05, 4.69) is 24.4 Å². The molecular weight excluding hydrogens is 238 g/mol. The van der Waals surface area contributed by atoms with Crippen molar-refractivity contribution in [3.05, 3.63) is 39.8 Å². The Morgan fingerprint density at radius 2 is 2.18 bits per heavy atom. The lowest BCUT2D eigenvalue weighted by atomic mass is 10.3. The molecule has 2 heterocycles. The first-order valence-corrected chi connectivity index (χ1v) is 6.04. The Kier molecular flexibility index (Phi) is 3.19. The number of nitrogens with one attached hydrogen (secondary N) is 1. The Morgan fingerprint density at radius 3 is 2.71 bits per heavy atom. The van der Waals surface area contributed by atoms with Crippen LogP contribution in [0.2, 0.25) is 0 Å². The van der Waals surface area contributed by atoms with Crippen LogP contribution in [0.1, 0.15) is 33.3 Å². The summed E-state index contributed by atoms with van der Waals surface area (Å²) in [6, 6.07) is 7.28. The Morgan fingerprint density at radius 1 is 1.41 bits per heavy atom. The molecule has 0 spiro atoms. The number of carbonyl (C=O) groups is 1. The summed E-state index contributed by atoms with van der Waals surface area (Å²) in [7, 11) is 0. The van der Waals surface area contributed by atoms with Crippen molar-refractivity contribution < 1.29 is 14.3 Å². The van der Waals surface area contributed by atoms with Crippen LogP contribution in [0, 0.1) is 6.92 Å². The van der Waals surface area contributed by atoms with Crippen LogP contribution >= 0.6 is 11.3 Å². The average molecular weight is 251 g/mol. The SMILES string of the molecule is Cc1ccc(C(C)Nc2ccc(C(=O)O)o2)s1. The number of thiophene rings is 1. The third-order valence-corrected chi connectivity index (χ3v) is 3.55. The molecule has 2 rings (SSSR count). The van der Waals surface area contributed by atoms with E-state index in [1.54, 1.807) is 17.4 Å². The van der Waals surface area contributed by atoms with Gasteiger partial charge in [0.15, 0.2) is 5.88 Å². The molecule has 0 saturated carbocycles. The summed E-state index contributed by atoms with van der Waals surface area (Å²) in [5.74, 6) is -0.638. The monoisotopic (exact) mass is 251 g/mol. The van der Waals surface area contributed by atoms with Crippen LogP contribution in [0.3, 0.4) is 0 Å². The minimum atomic E-state index is -1.06.